The number of benzene rings is 5. The third-order valence-corrected chi connectivity index (χ3v) is 11.4. The predicted molar refractivity (Wildman–Crippen MR) is 159 cm³/mol. The lowest BCUT2D eigenvalue weighted by molar-refractivity contribution is 1.42. The second kappa shape index (κ2) is 10.5. The molecule has 1 aromatic heterocycles. The highest BCUT2D eigenvalue weighted by atomic mass is 31.1. The first-order chi connectivity index (χ1) is 17.9. The van der Waals surface area contributed by atoms with Gasteiger partial charge in [-0.25, -0.2) is 0 Å². The van der Waals surface area contributed by atoms with E-state index in [1.165, 1.54) is 37.2 Å². The molecule has 0 spiro atoms. The van der Waals surface area contributed by atoms with Crippen molar-refractivity contribution in [2.45, 2.75) is 0 Å². The lowest BCUT2D eigenvalue weighted by Gasteiger charge is -2.28. The Balaban J connectivity index is 1.68. The van der Waals surface area contributed by atoms with Gasteiger partial charge in [0.05, 0.1) is 5.52 Å². The highest BCUT2D eigenvalue weighted by Gasteiger charge is 2.26. The summed E-state index contributed by atoms with van der Waals surface area (Å²) in [7, 11) is -1.54. The summed E-state index contributed by atoms with van der Waals surface area (Å²) in [6.45, 7) is 0. The maximum absolute atomic E-state index is 4.78. The van der Waals surface area contributed by atoms with Crippen molar-refractivity contribution < 1.29 is 0 Å². The molecule has 0 saturated carbocycles. The second-order valence-corrected chi connectivity index (χ2v) is 12.9. The molecule has 0 N–H and O–H groups in total. The molecule has 0 aliphatic heterocycles. The smallest absolute Gasteiger partial charge is 0.0708 e. The standard InChI is InChI=1S/C33H25NP2/c1-5-15-27(16-6-1)35(28-17-7-2-8-18-28)32-24-26-14-13-23-34-31(26)25-33(32)36(29-19-9-3-10-20-29)30-21-11-4-12-22-30/h1-25H. The first kappa shape index (κ1) is 22.8. The zero-order valence-corrected chi connectivity index (χ0v) is 21.6. The van der Waals surface area contributed by atoms with Crippen LogP contribution in [-0.4, -0.2) is 4.98 Å². The van der Waals surface area contributed by atoms with Crippen molar-refractivity contribution in [1.82, 2.24) is 4.98 Å². The largest absolute Gasteiger partial charge is 0.256 e. The van der Waals surface area contributed by atoms with Gasteiger partial charge < -0.3 is 0 Å². The number of fused-ring (bicyclic) bond motifs is 1. The Morgan fingerprint density at radius 1 is 0.389 bits per heavy atom. The molecule has 0 aliphatic carbocycles. The molecule has 0 amide bonds. The third-order valence-electron chi connectivity index (χ3n) is 6.24. The number of hydrogen-bond donors (Lipinski definition) is 0. The van der Waals surface area contributed by atoms with Gasteiger partial charge in [-0.05, 0) is 65.9 Å². The summed E-state index contributed by atoms with van der Waals surface area (Å²) in [5.74, 6) is 0. The Labute approximate surface area is 215 Å². The van der Waals surface area contributed by atoms with Gasteiger partial charge in [-0.3, -0.25) is 4.98 Å². The predicted octanol–water partition coefficient (Wildman–Crippen LogP) is 5.75. The Hall–Kier alpha value is -3.63. The van der Waals surface area contributed by atoms with Crippen LogP contribution in [0.25, 0.3) is 10.9 Å². The number of rotatable bonds is 6. The van der Waals surface area contributed by atoms with Gasteiger partial charge in [-0.15, -0.1) is 0 Å². The Kier molecular flexibility index (Phi) is 6.68. The molecule has 0 unspecified atom stereocenters. The summed E-state index contributed by atoms with van der Waals surface area (Å²) < 4.78 is 0. The topological polar surface area (TPSA) is 12.9 Å². The quantitative estimate of drug-likeness (QED) is 0.267. The van der Waals surface area contributed by atoms with Crippen molar-refractivity contribution in [3.63, 3.8) is 0 Å². The molecule has 5 aromatic carbocycles. The fraction of sp³-hybridized carbons (Fsp3) is 0. The van der Waals surface area contributed by atoms with E-state index in [2.05, 4.69) is 140 Å². The summed E-state index contributed by atoms with van der Waals surface area (Å²) in [5.41, 5.74) is 1.05. The molecule has 0 saturated heterocycles. The normalized spacial score (nSPS) is 11.3. The molecule has 1 nitrogen and oxygen atoms in total. The van der Waals surface area contributed by atoms with E-state index < -0.39 is 15.8 Å². The van der Waals surface area contributed by atoms with Crippen LogP contribution in [0.15, 0.2) is 152 Å². The number of hydrogen-bond acceptors (Lipinski definition) is 1. The number of aromatic nitrogens is 1. The number of nitrogens with zero attached hydrogens (tertiary/aromatic N) is 1. The van der Waals surface area contributed by atoms with Crippen LogP contribution < -0.4 is 31.8 Å². The van der Waals surface area contributed by atoms with Gasteiger partial charge in [0.15, 0.2) is 0 Å². The lowest BCUT2D eigenvalue weighted by Crippen LogP contribution is -2.34. The van der Waals surface area contributed by atoms with Crippen LogP contribution in [-0.2, 0) is 0 Å². The van der Waals surface area contributed by atoms with E-state index in [0.29, 0.717) is 0 Å². The van der Waals surface area contributed by atoms with Crippen LogP contribution in [0.5, 0.6) is 0 Å². The average Bonchev–Trinajstić information content (AvgIpc) is 2.96. The van der Waals surface area contributed by atoms with Gasteiger partial charge >= 0.3 is 0 Å². The molecular weight excluding hydrogens is 472 g/mol. The molecule has 0 fully saturated rings. The highest BCUT2D eigenvalue weighted by Crippen LogP contribution is 2.40. The zero-order valence-electron chi connectivity index (χ0n) is 19.8. The molecule has 172 valence electrons. The maximum Gasteiger partial charge on any atom is 0.0708 e. The van der Waals surface area contributed by atoms with E-state index >= 15 is 0 Å². The second-order valence-electron chi connectivity index (χ2n) is 8.55. The first-order valence-electron chi connectivity index (χ1n) is 12.1. The van der Waals surface area contributed by atoms with Crippen LogP contribution >= 0.6 is 15.8 Å². The summed E-state index contributed by atoms with van der Waals surface area (Å²) >= 11 is 0. The molecule has 0 aliphatic rings. The Morgan fingerprint density at radius 3 is 1.19 bits per heavy atom. The van der Waals surface area contributed by atoms with Crippen molar-refractivity contribution >= 4 is 58.6 Å². The Bertz CT molecular complexity index is 1370. The van der Waals surface area contributed by atoms with Gasteiger partial charge in [0, 0.05) is 11.6 Å². The van der Waals surface area contributed by atoms with Crippen LogP contribution in [0.3, 0.4) is 0 Å². The van der Waals surface area contributed by atoms with Crippen LogP contribution in [0.4, 0.5) is 0 Å². The molecule has 0 atom stereocenters. The monoisotopic (exact) mass is 497 g/mol. The SMILES string of the molecule is c1ccc(P(c2ccccc2)c2cc3cccnc3cc2P(c2ccccc2)c2ccccc2)cc1. The fourth-order valence-corrected chi connectivity index (χ4v) is 9.92. The molecule has 6 rings (SSSR count). The summed E-state index contributed by atoms with van der Waals surface area (Å²) in [4.78, 5) is 4.78. The van der Waals surface area contributed by atoms with Gasteiger partial charge in [0.2, 0.25) is 0 Å². The molecule has 36 heavy (non-hydrogen) atoms. The molecule has 0 bridgehead atoms. The molecule has 6 aromatic rings. The summed E-state index contributed by atoms with van der Waals surface area (Å²) in [6.07, 6.45) is 1.90. The van der Waals surface area contributed by atoms with Crippen molar-refractivity contribution in [2.24, 2.45) is 0 Å². The van der Waals surface area contributed by atoms with Crippen molar-refractivity contribution in [2.75, 3.05) is 0 Å². The van der Waals surface area contributed by atoms with E-state index in [0.717, 1.165) is 5.52 Å². The molecular formula is C33H25NP2. The minimum Gasteiger partial charge on any atom is -0.256 e. The molecule has 3 heteroatoms. The minimum absolute atomic E-state index is 0.765. The van der Waals surface area contributed by atoms with Crippen LogP contribution in [0.1, 0.15) is 0 Å². The lowest BCUT2D eigenvalue weighted by atomic mass is 10.2. The highest BCUT2D eigenvalue weighted by molar-refractivity contribution is 7.85. The first-order valence-corrected chi connectivity index (χ1v) is 14.8. The zero-order chi connectivity index (χ0) is 24.2. The van der Waals surface area contributed by atoms with Crippen molar-refractivity contribution in [3.05, 3.63) is 152 Å². The van der Waals surface area contributed by atoms with Crippen molar-refractivity contribution in [1.29, 1.82) is 0 Å². The summed E-state index contributed by atoms with van der Waals surface area (Å²) in [6, 6.07) is 52.9. The number of pyridine rings is 1. The average molecular weight is 498 g/mol. The van der Waals surface area contributed by atoms with Crippen LogP contribution in [0.2, 0.25) is 0 Å². The maximum atomic E-state index is 4.78. The summed E-state index contributed by atoms with van der Waals surface area (Å²) in [5, 5.41) is 9.40. The van der Waals surface area contributed by atoms with Gasteiger partial charge in [0.25, 0.3) is 0 Å². The molecule has 0 radical (unpaired) electrons. The van der Waals surface area contributed by atoms with Gasteiger partial charge in [-0.1, -0.05) is 127 Å². The Morgan fingerprint density at radius 2 is 0.778 bits per heavy atom. The molecule has 1 heterocycles. The van der Waals surface area contributed by atoms with Gasteiger partial charge in [0.1, 0.15) is 0 Å². The van der Waals surface area contributed by atoms with Crippen LogP contribution in [0, 0.1) is 0 Å². The van der Waals surface area contributed by atoms with E-state index in [1.807, 2.05) is 12.3 Å². The van der Waals surface area contributed by atoms with Gasteiger partial charge in [-0.2, -0.15) is 0 Å². The van der Waals surface area contributed by atoms with E-state index in [4.69, 9.17) is 4.98 Å². The van der Waals surface area contributed by atoms with E-state index in [1.54, 1.807) is 0 Å². The van der Waals surface area contributed by atoms with E-state index in [9.17, 15) is 0 Å². The third kappa shape index (κ3) is 4.61. The minimum atomic E-state index is -0.777. The van der Waals surface area contributed by atoms with Crippen molar-refractivity contribution in [3.8, 4) is 0 Å². The fourth-order valence-electron chi connectivity index (χ4n) is 4.62. The van der Waals surface area contributed by atoms with E-state index in [-0.39, 0.29) is 0 Å².